The number of aliphatic hydroxyl groups excluding tert-OH is 1. The number of rotatable bonds is 2. The topological polar surface area (TPSA) is 91.7 Å². The molecule has 0 amide bonds. The van der Waals surface area contributed by atoms with Crippen molar-refractivity contribution < 1.29 is 23.4 Å². The molecule has 6 heteroatoms. The first kappa shape index (κ1) is 11.1. The van der Waals surface area contributed by atoms with Gasteiger partial charge in [0.05, 0.1) is 10.6 Å². The van der Waals surface area contributed by atoms with Gasteiger partial charge in [-0.1, -0.05) is 12.1 Å². The molecule has 1 aromatic rings. The van der Waals surface area contributed by atoms with E-state index >= 15 is 0 Å². The first-order valence-electron chi connectivity index (χ1n) is 4.68. The SMILES string of the molecule is O=C(O)C(O)c1ccc2c(c1)CCS2(=O)=O. The summed E-state index contributed by atoms with van der Waals surface area (Å²) in [4.78, 5) is 10.8. The van der Waals surface area contributed by atoms with E-state index in [2.05, 4.69) is 0 Å². The number of sulfone groups is 1. The molecule has 2 rings (SSSR count). The van der Waals surface area contributed by atoms with Crippen molar-refractivity contribution in [2.45, 2.75) is 17.4 Å². The van der Waals surface area contributed by atoms with Gasteiger partial charge in [-0.2, -0.15) is 0 Å². The smallest absolute Gasteiger partial charge is 0.337 e. The maximum Gasteiger partial charge on any atom is 0.337 e. The summed E-state index contributed by atoms with van der Waals surface area (Å²) >= 11 is 0. The molecule has 1 atom stereocenters. The van der Waals surface area contributed by atoms with Crippen molar-refractivity contribution in [3.05, 3.63) is 29.3 Å². The van der Waals surface area contributed by atoms with Crippen LogP contribution < -0.4 is 0 Å². The Balaban J connectivity index is 2.47. The van der Waals surface area contributed by atoms with Crippen LogP contribution in [0, 0.1) is 0 Å². The number of hydrogen-bond donors (Lipinski definition) is 2. The molecular weight excluding hydrogens is 232 g/mol. The molecule has 0 aromatic heterocycles. The van der Waals surface area contributed by atoms with Crippen molar-refractivity contribution in [1.82, 2.24) is 0 Å². The highest BCUT2D eigenvalue weighted by atomic mass is 32.2. The number of aryl methyl sites for hydroxylation is 1. The number of carboxylic acids is 1. The van der Waals surface area contributed by atoms with E-state index < -0.39 is 21.9 Å². The molecule has 1 aliphatic rings. The van der Waals surface area contributed by atoms with Gasteiger partial charge in [-0.15, -0.1) is 0 Å². The van der Waals surface area contributed by atoms with Crippen LogP contribution in [0.5, 0.6) is 0 Å². The third kappa shape index (κ3) is 1.70. The summed E-state index contributed by atoms with van der Waals surface area (Å²) in [7, 11) is -3.20. The predicted molar refractivity (Wildman–Crippen MR) is 54.8 cm³/mol. The molecule has 1 heterocycles. The zero-order chi connectivity index (χ0) is 11.9. The highest BCUT2D eigenvalue weighted by molar-refractivity contribution is 7.91. The van der Waals surface area contributed by atoms with E-state index in [1.807, 2.05) is 0 Å². The molecule has 1 unspecified atom stereocenters. The summed E-state index contributed by atoms with van der Waals surface area (Å²) < 4.78 is 23.0. The Morgan fingerprint density at radius 3 is 2.69 bits per heavy atom. The van der Waals surface area contributed by atoms with E-state index in [9.17, 15) is 18.3 Å². The summed E-state index contributed by atoms with van der Waals surface area (Å²) in [6.07, 6.45) is -1.23. The van der Waals surface area contributed by atoms with Crippen LogP contribution >= 0.6 is 0 Å². The fourth-order valence-corrected chi connectivity index (χ4v) is 3.31. The summed E-state index contributed by atoms with van der Waals surface area (Å²) in [6.45, 7) is 0. The van der Waals surface area contributed by atoms with Gasteiger partial charge in [-0.3, -0.25) is 0 Å². The van der Waals surface area contributed by atoms with Crippen molar-refractivity contribution >= 4 is 15.8 Å². The van der Waals surface area contributed by atoms with Gasteiger partial charge in [0, 0.05) is 0 Å². The summed E-state index contributed by atoms with van der Waals surface area (Å²) in [5, 5.41) is 17.9. The molecule has 0 fully saturated rings. The minimum atomic E-state index is -3.20. The fourth-order valence-electron chi connectivity index (χ4n) is 1.77. The molecule has 1 aromatic carbocycles. The molecule has 5 nitrogen and oxygen atoms in total. The van der Waals surface area contributed by atoms with Crippen LogP contribution in [-0.4, -0.2) is 30.4 Å². The average molecular weight is 242 g/mol. The van der Waals surface area contributed by atoms with Gasteiger partial charge in [0.1, 0.15) is 0 Å². The van der Waals surface area contributed by atoms with E-state index in [-0.39, 0.29) is 16.2 Å². The van der Waals surface area contributed by atoms with Crippen LogP contribution in [0.25, 0.3) is 0 Å². The Morgan fingerprint density at radius 1 is 1.38 bits per heavy atom. The maximum absolute atomic E-state index is 11.5. The van der Waals surface area contributed by atoms with Crippen LogP contribution in [0.15, 0.2) is 23.1 Å². The summed E-state index contributed by atoms with van der Waals surface area (Å²) in [5.41, 5.74) is 0.793. The van der Waals surface area contributed by atoms with Crippen molar-refractivity contribution in [3.63, 3.8) is 0 Å². The molecule has 1 aliphatic heterocycles. The lowest BCUT2D eigenvalue weighted by Gasteiger charge is -2.07. The molecule has 2 N–H and O–H groups in total. The molecular formula is C10H10O5S. The largest absolute Gasteiger partial charge is 0.479 e. The molecule has 0 spiro atoms. The molecule has 0 saturated carbocycles. The van der Waals surface area contributed by atoms with E-state index in [4.69, 9.17) is 5.11 Å². The monoisotopic (exact) mass is 242 g/mol. The third-order valence-corrected chi connectivity index (χ3v) is 4.42. The van der Waals surface area contributed by atoms with Crippen molar-refractivity contribution in [2.24, 2.45) is 0 Å². The second-order valence-corrected chi connectivity index (χ2v) is 5.75. The minimum Gasteiger partial charge on any atom is -0.479 e. The van der Waals surface area contributed by atoms with Gasteiger partial charge in [-0.25, -0.2) is 13.2 Å². The van der Waals surface area contributed by atoms with Gasteiger partial charge < -0.3 is 10.2 Å². The Hall–Kier alpha value is -1.40. The van der Waals surface area contributed by atoms with E-state index in [0.29, 0.717) is 12.0 Å². The van der Waals surface area contributed by atoms with Gasteiger partial charge >= 0.3 is 5.97 Å². The molecule has 16 heavy (non-hydrogen) atoms. The second-order valence-electron chi connectivity index (χ2n) is 3.68. The highest BCUT2D eigenvalue weighted by Crippen LogP contribution is 2.28. The standard InChI is InChI=1S/C10H10O5S/c11-9(10(12)13)7-1-2-8-6(5-7)3-4-16(8,14)15/h1-2,5,9,11H,3-4H2,(H,12,13). The first-order chi connectivity index (χ1) is 7.42. The Labute approximate surface area is 92.3 Å². The molecule has 0 radical (unpaired) electrons. The number of aliphatic carboxylic acids is 1. The van der Waals surface area contributed by atoms with Crippen molar-refractivity contribution in [1.29, 1.82) is 0 Å². The number of fused-ring (bicyclic) bond motifs is 1. The van der Waals surface area contributed by atoms with Crippen LogP contribution in [0.3, 0.4) is 0 Å². The van der Waals surface area contributed by atoms with Gasteiger partial charge in [0.15, 0.2) is 15.9 Å². The second kappa shape index (κ2) is 3.57. The highest BCUT2D eigenvalue weighted by Gasteiger charge is 2.27. The number of benzene rings is 1. The van der Waals surface area contributed by atoms with Crippen LogP contribution in [-0.2, 0) is 21.1 Å². The van der Waals surface area contributed by atoms with Gasteiger partial charge in [0.25, 0.3) is 0 Å². The normalized spacial score (nSPS) is 19.1. The Bertz CT molecular complexity index is 546. The van der Waals surface area contributed by atoms with Crippen molar-refractivity contribution in [2.75, 3.05) is 5.75 Å². The lowest BCUT2D eigenvalue weighted by Crippen LogP contribution is -2.10. The van der Waals surface area contributed by atoms with Gasteiger partial charge in [-0.05, 0) is 23.6 Å². The molecule has 0 saturated heterocycles. The van der Waals surface area contributed by atoms with E-state index in [1.54, 1.807) is 0 Å². The minimum absolute atomic E-state index is 0.0505. The Morgan fingerprint density at radius 2 is 2.06 bits per heavy atom. The summed E-state index contributed by atoms with van der Waals surface area (Å²) in [6, 6.07) is 4.14. The molecule has 0 aliphatic carbocycles. The quantitative estimate of drug-likeness (QED) is 0.769. The van der Waals surface area contributed by atoms with Crippen molar-refractivity contribution in [3.8, 4) is 0 Å². The van der Waals surface area contributed by atoms with E-state index in [0.717, 1.165) is 0 Å². The third-order valence-electron chi connectivity index (χ3n) is 2.61. The first-order valence-corrected chi connectivity index (χ1v) is 6.33. The molecule has 86 valence electrons. The number of aliphatic hydroxyl groups is 1. The zero-order valence-electron chi connectivity index (χ0n) is 8.25. The van der Waals surface area contributed by atoms with Gasteiger partial charge in [0.2, 0.25) is 0 Å². The Kier molecular flexibility index (Phi) is 2.47. The lowest BCUT2D eigenvalue weighted by molar-refractivity contribution is -0.146. The maximum atomic E-state index is 11.5. The zero-order valence-corrected chi connectivity index (χ0v) is 9.07. The number of carbonyl (C=O) groups is 1. The number of hydrogen-bond acceptors (Lipinski definition) is 4. The average Bonchev–Trinajstić information content (AvgIpc) is 2.53. The summed E-state index contributed by atoms with van der Waals surface area (Å²) in [5.74, 6) is -1.30. The lowest BCUT2D eigenvalue weighted by atomic mass is 10.0. The van der Waals surface area contributed by atoms with Crippen LogP contribution in [0.4, 0.5) is 0 Å². The fraction of sp³-hybridized carbons (Fsp3) is 0.300. The van der Waals surface area contributed by atoms with E-state index in [1.165, 1.54) is 18.2 Å². The van der Waals surface area contributed by atoms with Crippen LogP contribution in [0.2, 0.25) is 0 Å². The molecule has 0 bridgehead atoms. The van der Waals surface area contributed by atoms with Crippen LogP contribution in [0.1, 0.15) is 17.2 Å². The predicted octanol–water partition coefficient (Wildman–Crippen LogP) is 0.134. The number of carboxylic acid groups (broad SMARTS) is 1.